The van der Waals surface area contributed by atoms with Crippen LogP contribution >= 0.6 is 23.5 Å². The summed E-state index contributed by atoms with van der Waals surface area (Å²) < 4.78 is 3.24. The molecule has 100 valence electrons. The number of nitrogens with two attached hydrogens (primary N) is 1. The van der Waals surface area contributed by atoms with E-state index < -0.39 is 0 Å². The number of nitrogens with one attached hydrogen (secondary N) is 1. The highest BCUT2D eigenvalue weighted by atomic mass is 35.5. The Hall–Kier alpha value is -1.11. The molecule has 0 unspecified atom stereocenters. The van der Waals surface area contributed by atoms with Gasteiger partial charge in [0, 0.05) is 29.8 Å². The van der Waals surface area contributed by atoms with E-state index in [1.807, 2.05) is 36.4 Å². The van der Waals surface area contributed by atoms with Crippen LogP contribution in [0.1, 0.15) is 5.69 Å². The van der Waals surface area contributed by atoms with Crippen LogP contribution < -0.4 is 10.2 Å². The van der Waals surface area contributed by atoms with Crippen molar-refractivity contribution in [3.05, 3.63) is 53.3 Å². The second-order valence-electron chi connectivity index (χ2n) is 3.79. The Bertz CT molecular complexity index is 525. The molecule has 0 saturated carbocycles. The number of halogens is 1. The standard InChI is InChI=1S/C13H14ClN3OS/c1-18-17-10-5-6-12(14)13(8-10)19-16-9-11-4-2-3-7-15-11/h2-8,16-17H,9H2,1H3/p+1. The Morgan fingerprint density at radius 1 is 1.37 bits per heavy atom. The summed E-state index contributed by atoms with van der Waals surface area (Å²) in [5, 5.41) is 0.715. The first-order chi connectivity index (χ1) is 9.29. The van der Waals surface area contributed by atoms with Gasteiger partial charge in [-0.05, 0) is 30.1 Å². The van der Waals surface area contributed by atoms with Crippen molar-refractivity contribution >= 4 is 29.2 Å². The van der Waals surface area contributed by atoms with E-state index in [1.54, 1.807) is 18.8 Å². The largest absolute Gasteiger partial charge is 0.260 e. The predicted octanol–water partition coefficient (Wildman–Crippen LogP) is 2.29. The second-order valence-corrected chi connectivity index (χ2v) is 5.13. The summed E-state index contributed by atoms with van der Waals surface area (Å²) in [5.74, 6) is 0. The maximum atomic E-state index is 6.15. The van der Waals surface area contributed by atoms with Crippen LogP contribution in [0, 0.1) is 0 Å². The Morgan fingerprint density at radius 3 is 3.00 bits per heavy atom. The fraction of sp³-hybridized carbons (Fsp3) is 0.154. The van der Waals surface area contributed by atoms with Crippen molar-refractivity contribution in [2.24, 2.45) is 0 Å². The Morgan fingerprint density at radius 2 is 2.26 bits per heavy atom. The Kier molecular flexibility index (Phi) is 5.62. The van der Waals surface area contributed by atoms with Gasteiger partial charge in [0.05, 0.1) is 17.8 Å². The van der Waals surface area contributed by atoms with Crippen LogP contribution in [0.4, 0.5) is 5.69 Å². The number of nitrogens with zero attached hydrogens (tertiary/aromatic N) is 1. The Balaban J connectivity index is 1.93. The lowest BCUT2D eigenvalue weighted by Crippen LogP contribution is -2.75. The van der Waals surface area contributed by atoms with Gasteiger partial charge in [-0.25, -0.2) is 4.84 Å². The molecule has 19 heavy (non-hydrogen) atoms. The van der Waals surface area contributed by atoms with Gasteiger partial charge in [0.25, 0.3) is 0 Å². The molecule has 4 nitrogen and oxygen atoms in total. The molecule has 2 rings (SSSR count). The Labute approximate surface area is 121 Å². The van der Waals surface area contributed by atoms with Crippen molar-refractivity contribution in [3.8, 4) is 0 Å². The lowest BCUT2D eigenvalue weighted by atomic mass is 10.3. The molecule has 0 aliphatic heterocycles. The van der Waals surface area contributed by atoms with E-state index >= 15 is 0 Å². The molecule has 3 N–H and O–H groups in total. The van der Waals surface area contributed by atoms with Crippen LogP contribution in [0.2, 0.25) is 5.02 Å². The molecule has 0 radical (unpaired) electrons. The molecule has 6 heteroatoms. The molecule has 0 aliphatic carbocycles. The molecule has 0 fully saturated rings. The smallest absolute Gasteiger partial charge is 0.163 e. The van der Waals surface area contributed by atoms with Crippen molar-refractivity contribution in [3.63, 3.8) is 0 Å². The summed E-state index contributed by atoms with van der Waals surface area (Å²) in [6.45, 7) is 0.681. The first-order valence-electron chi connectivity index (χ1n) is 5.75. The van der Waals surface area contributed by atoms with Gasteiger partial charge in [-0.1, -0.05) is 17.7 Å². The van der Waals surface area contributed by atoms with Gasteiger partial charge in [0.15, 0.2) is 5.69 Å². The average Bonchev–Trinajstić information content (AvgIpc) is 2.44. The molecule has 0 bridgehead atoms. The molecule has 0 spiro atoms. The SMILES string of the molecule is CO[NH2+]c1ccc(Cl)c(SNCc2ccccn2)c1. The lowest BCUT2D eigenvalue weighted by molar-refractivity contribution is -0.830. The number of benzene rings is 1. The minimum atomic E-state index is 0.681. The number of quaternary nitrogens is 1. The van der Waals surface area contributed by atoms with Crippen LogP contribution in [-0.4, -0.2) is 12.1 Å². The van der Waals surface area contributed by atoms with Crippen molar-refractivity contribution in [1.29, 1.82) is 0 Å². The summed E-state index contributed by atoms with van der Waals surface area (Å²) in [6.07, 6.45) is 1.78. The van der Waals surface area contributed by atoms with Gasteiger partial charge in [0.2, 0.25) is 0 Å². The molecular formula is C13H15ClN3OS+. The highest BCUT2D eigenvalue weighted by Gasteiger charge is 2.05. The fourth-order valence-corrected chi connectivity index (χ4v) is 2.47. The maximum Gasteiger partial charge on any atom is 0.163 e. The summed E-state index contributed by atoms with van der Waals surface area (Å²) in [5.41, 5.74) is 3.65. The zero-order chi connectivity index (χ0) is 13.5. The molecule has 0 amide bonds. The minimum Gasteiger partial charge on any atom is -0.260 e. The summed E-state index contributed by atoms with van der Waals surface area (Å²) in [6, 6.07) is 11.6. The number of aromatic nitrogens is 1. The van der Waals surface area contributed by atoms with Crippen LogP contribution in [0.3, 0.4) is 0 Å². The van der Waals surface area contributed by atoms with E-state index in [0.717, 1.165) is 16.3 Å². The van der Waals surface area contributed by atoms with Crippen molar-refractivity contribution in [2.45, 2.75) is 11.4 Å². The average molecular weight is 297 g/mol. The van der Waals surface area contributed by atoms with Crippen LogP contribution in [0.25, 0.3) is 0 Å². The summed E-state index contributed by atoms with van der Waals surface area (Å²) >= 11 is 7.63. The number of pyridine rings is 1. The zero-order valence-corrected chi connectivity index (χ0v) is 12.0. The number of rotatable bonds is 6. The van der Waals surface area contributed by atoms with Crippen molar-refractivity contribution in [1.82, 2.24) is 9.71 Å². The van der Waals surface area contributed by atoms with Crippen LogP contribution in [-0.2, 0) is 11.4 Å². The van der Waals surface area contributed by atoms with Gasteiger partial charge < -0.3 is 0 Å². The lowest BCUT2D eigenvalue weighted by Gasteiger charge is -2.06. The van der Waals surface area contributed by atoms with E-state index in [4.69, 9.17) is 16.4 Å². The third-order valence-corrected chi connectivity index (χ3v) is 3.66. The number of hydrogen-bond donors (Lipinski definition) is 2. The van der Waals surface area contributed by atoms with E-state index in [0.29, 0.717) is 11.6 Å². The summed E-state index contributed by atoms with van der Waals surface area (Å²) in [7, 11) is 1.63. The van der Waals surface area contributed by atoms with Crippen LogP contribution in [0.5, 0.6) is 0 Å². The molecule has 0 atom stereocenters. The van der Waals surface area contributed by atoms with Crippen molar-refractivity contribution < 1.29 is 10.3 Å². The molecular weight excluding hydrogens is 282 g/mol. The van der Waals surface area contributed by atoms with Crippen molar-refractivity contribution in [2.75, 3.05) is 7.11 Å². The highest BCUT2D eigenvalue weighted by Crippen LogP contribution is 2.26. The first-order valence-corrected chi connectivity index (χ1v) is 6.94. The number of hydrogen-bond acceptors (Lipinski definition) is 4. The fourth-order valence-electron chi connectivity index (χ4n) is 1.50. The molecule has 0 saturated heterocycles. The first kappa shape index (κ1) is 14.3. The van der Waals surface area contributed by atoms with Gasteiger partial charge in [-0.2, -0.15) is 5.48 Å². The van der Waals surface area contributed by atoms with Gasteiger partial charge >= 0.3 is 0 Å². The highest BCUT2D eigenvalue weighted by molar-refractivity contribution is 7.97. The van der Waals surface area contributed by atoms with Gasteiger partial charge in [0.1, 0.15) is 0 Å². The molecule has 1 aromatic carbocycles. The minimum absolute atomic E-state index is 0.681. The molecule has 0 aliphatic rings. The monoisotopic (exact) mass is 296 g/mol. The predicted molar refractivity (Wildman–Crippen MR) is 77.0 cm³/mol. The van der Waals surface area contributed by atoms with Gasteiger partial charge in [-0.3, -0.25) is 9.71 Å². The maximum absolute atomic E-state index is 6.15. The second kappa shape index (κ2) is 7.47. The van der Waals surface area contributed by atoms with E-state index in [1.165, 1.54) is 11.9 Å². The topological polar surface area (TPSA) is 50.8 Å². The zero-order valence-electron chi connectivity index (χ0n) is 10.5. The molecule has 1 aromatic heterocycles. The van der Waals surface area contributed by atoms with E-state index in [2.05, 4.69) is 9.71 Å². The van der Waals surface area contributed by atoms with Crippen LogP contribution in [0.15, 0.2) is 47.5 Å². The normalized spacial score (nSPS) is 10.6. The third-order valence-electron chi connectivity index (χ3n) is 2.37. The molecule has 1 heterocycles. The van der Waals surface area contributed by atoms with Gasteiger partial charge in [-0.15, -0.1) is 0 Å². The van der Waals surface area contributed by atoms with E-state index in [-0.39, 0.29) is 0 Å². The molecule has 2 aromatic rings. The van der Waals surface area contributed by atoms with E-state index in [9.17, 15) is 0 Å². The third kappa shape index (κ3) is 4.49. The quantitative estimate of drug-likeness (QED) is 0.488. The summed E-state index contributed by atoms with van der Waals surface area (Å²) in [4.78, 5) is 10.2.